The highest BCUT2D eigenvalue weighted by Gasteiger charge is 2.31. The highest BCUT2D eigenvalue weighted by atomic mass is 16.3. The van der Waals surface area contributed by atoms with E-state index >= 15 is 0 Å². The molecule has 94 valence electrons. The zero-order valence-corrected chi connectivity index (χ0v) is 10.3. The quantitative estimate of drug-likeness (QED) is 0.817. The van der Waals surface area contributed by atoms with Gasteiger partial charge in [0.25, 0.3) is 0 Å². The molecular formula is C14H22N2O. The van der Waals surface area contributed by atoms with Gasteiger partial charge in [-0.15, -0.1) is 0 Å². The molecule has 17 heavy (non-hydrogen) atoms. The van der Waals surface area contributed by atoms with E-state index in [2.05, 4.69) is 17.0 Å². The Morgan fingerprint density at radius 1 is 1.18 bits per heavy atom. The van der Waals surface area contributed by atoms with E-state index in [-0.39, 0.29) is 0 Å². The summed E-state index contributed by atoms with van der Waals surface area (Å²) in [6.07, 6.45) is 2.47. The van der Waals surface area contributed by atoms with Crippen molar-refractivity contribution in [2.75, 3.05) is 26.2 Å². The number of benzene rings is 1. The maximum atomic E-state index is 10.6. The number of aliphatic hydroxyl groups is 1. The fraction of sp³-hybridized carbons (Fsp3) is 0.571. The van der Waals surface area contributed by atoms with E-state index in [1.165, 1.54) is 5.56 Å². The molecule has 2 rings (SSSR count). The van der Waals surface area contributed by atoms with Crippen LogP contribution in [-0.4, -0.2) is 41.8 Å². The highest BCUT2D eigenvalue weighted by Crippen LogP contribution is 2.26. The average Bonchev–Trinajstić information content (AvgIpc) is 2.34. The topological polar surface area (TPSA) is 49.5 Å². The van der Waals surface area contributed by atoms with E-state index in [1.807, 2.05) is 18.2 Å². The normalized spacial score (nSPS) is 20.4. The maximum Gasteiger partial charge on any atom is 0.0712 e. The largest absolute Gasteiger partial charge is 0.389 e. The van der Waals surface area contributed by atoms with Gasteiger partial charge in [0, 0.05) is 32.6 Å². The van der Waals surface area contributed by atoms with Gasteiger partial charge in [-0.1, -0.05) is 30.3 Å². The monoisotopic (exact) mass is 234 g/mol. The van der Waals surface area contributed by atoms with Gasteiger partial charge in [0.2, 0.25) is 0 Å². The van der Waals surface area contributed by atoms with Crippen molar-refractivity contribution >= 4 is 0 Å². The van der Waals surface area contributed by atoms with Crippen LogP contribution in [0.5, 0.6) is 0 Å². The molecule has 3 nitrogen and oxygen atoms in total. The lowest BCUT2D eigenvalue weighted by atomic mass is 9.85. The van der Waals surface area contributed by atoms with Crippen molar-refractivity contribution in [3.63, 3.8) is 0 Å². The minimum Gasteiger partial charge on any atom is -0.389 e. The second kappa shape index (κ2) is 5.63. The molecule has 0 radical (unpaired) electrons. The minimum atomic E-state index is -0.521. The van der Waals surface area contributed by atoms with Gasteiger partial charge in [-0.05, 0) is 18.4 Å². The van der Waals surface area contributed by atoms with Crippen LogP contribution < -0.4 is 5.73 Å². The van der Waals surface area contributed by atoms with Gasteiger partial charge >= 0.3 is 0 Å². The van der Waals surface area contributed by atoms with Crippen LogP contribution in [-0.2, 0) is 6.42 Å². The number of nitrogens with zero attached hydrogens (tertiary/aromatic N) is 1. The summed E-state index contributed by atoms with van der Waals surface area (Å²) in [5.41, 5.74) is 6.25. The van der Waals surface area contributed by atoms with Crippen molar-refractivity contribution in [2.45, 2.75) is 24.9 Å². The number of hydrogen-bond donors (Lipinski definition) is 2. The first-order chi connectivity index (χ1) is 8.22. The summed E-state index contributed by atoms with van der Waals surface area (Å²) >= 11 is 0. The average molecular weight is 234 g/mol. The second-order valence-electron chi connectivity index (χ2n) is 5.02. The molecule has 1 fully saturated rings. The fourth-order valence-electron chi connectivity index (χ4n) is 2.53. The Hall–Kier alpha value is -0.900. The van der Waals surface area contributed by atoms with Gasteiger partial charge in [0.15, 0.2) is 0 Å². The van der Waals surface area contributed by atoms with E-state index in [0.29, 0.717) is 6.54 Å². The molecule has 0 aliphatic carbocycles. The molecule has 0 saturated carbocycles. The molecule has 3 N–H and O–H groups in total. The molecule has 0 atom stereocenters. The summed E-state index contributed by atoms with van der Waals surface area (Å²) < 4.78 is 0. The lowest BCUT2D eigenvalue weighted by Gasteiger charge is -2.38. The van der Waals surface area contributed by atoms with Crippen molar-refractivity contribution in [1.29, 1.82) is 0 Å². The lowest BCUT2D eigenvalue weighted by Crippen LogP contribution is -2.46. The van der Waals surface area contributed by atoms with Crippen molar-refractivity contribution < 1.29 is 5.11 Å². The number of rotatable bonds is 4. The molecule has 1 aliphatic heterocycles. The molecule has 1 saturated heterocycles. The van der Waals surface area contributed by atoms with Gasteiger partial charge in [-0.25, -0.2) is 0 Å². The van der Waals surface area contributed by atoms with E-state index in [9.17, 15) is 5.11 Å². The van der Waals surface area contributed by atoms with Crippen LogP contribution in [0.15, 0.2) is 30.3 Å². The van der Waals surface area contributed by atoms with Crippen molar-refractivity contribution in [3.05, 3.63) is 35.9 Å². The summed E-state index contributed by atoms with van der Waals surface area (Å²) in [6.45, 7) is 3.57. The zero-order chi connectivity index (χ0) is 12.1. The Kier molecular flexibility index (Phi) is 4.15. The number of piperidine rings is 1. The molecule has 0 aromatic heterocycles. The minimum absolute atomic E-state index is 0.521. The third-order valence-electron chi connectivity index (χ3n) is 3.61. The smallest absolute Gasteiger partial charge is 0.0712 e. The Morgan fingerprint density at radius 2 is 1.82 bits per heavy atom. The predicted molar refractivity (Wildman–Crippen MR) is 69.8 cm³/mol. The van der Waals surface area contributed by atoms with Crippen LogP contribution in [0.1, 0.15) is 18.4 Å². The third kappa shape index (κ3) is 3.53. The first-order valence-electron chi connectivity index (χ1n) is 6.41. The van der Waals surface area contributed by atoms with Crippen molar-refractivity contribution in [1.82, 2.24) is 4.90 Å². The van der Waals surface area contributed by atoms with Crippen LogP contribution in [0.25, 0.3) is 0 Å². The first-order valence-corrected chi connectivity index (χ1v) is 6.41. The SMILES string of the molecule is NCCN1CCC(O)(Cc2ccccc2)CC1. The molecule has 0 bridgehead atoms. The summed E-state index contributed by atoms with van der Waals surface area (Å²) in [7, 11) is 0. The molecular weight excluding hydrogens is 212 g/mol. The van der Waals surface area contributed by atoms with Gasteiger partial charge < -0.3 is 15.7 Å². The van der Waals surface area contributed by atoms with Gasteiger partial charge in [-0.3, -0.25) is 0 Å². The van der Waals surface area contributed by atoms with Crippen molar-refractivity contribution in [3.8, 4) is 0 Å². The van der Waals surface area contributed by atoms with Crippen LogP contribution in [0.2, 0.25) is 0 Å². The highest BCUT2D eigenvalue weighted by molar-refractivity contribution is 5.17. The molecule has 1 heterocycles. The maximum absolute atomic E-state index is 10.6. The number of likely N-dealkylation sites (tertiary alicyclic amines) is 1. The molecule has 1 aromatic carbocycles. The summed E-state index contributed by atoms with van der Waals surface area (Å²) in [6, 6.07) is 10.2. The molecule has 0 spiro atoms. The fourth-order valence-corrected chi connectivity index (χ4v) is 2.53. The van der Waals surface area contributed by atoms with Crippen molar-refractivity contribution in [2.24, 2.45) is 5.73 Å². The summed E-state index contributed by atoms with van der Waals surface area (Å²) in [4.78, 5) is 2.33. The standard InChI is InChI=1S/C14H22N2O/c15-8-11-16-9-6-14(17,7-10-16)12-13-4-2-1-3-5-13/h1-5,17H,6-12,15H2. The molecule has 0 amide bonds. The molecule has 0 unspecified atom stereocenters. The summed E-state index contributed by atoms with van der Waals surface area (Å²) in [5, 5.41) is 10.6. The number of nitrogens with two attached hydrogens (primary N) is 1. The van der Waals surface area contributed by atoms with Gasteiger partial charge in [-0.2, -0.15) is 0 Å². The van der Waals surface area contributed by atoms with Crippen LogP contribution in [0.3, 0.4) is 0 Å². The second-order valence-corrected chi connectivity index (χ2v) is 5.02. The Labute approximate surface area is 103 Å². The van der Waals surface area contributed by atoms with E-state index in [1.54, 1.807) is 0 Å². The van der Waals surface area contributed by atoms with Crippen LogP contribution >= 0.6 is 0 Å². The van der Waals surface area contributed by atoms with E-state index in [0.717, 1.165) is 38.9 Å². The Morgan fingerprint density at radius 3 is 2.41 bits per heavy atom. The number of hydrogen-bond acceptors (Lipinski definition) is 3. The lowest BCUT2D eigenvalue weighted by molar-refractivity contribution is -0.0198. The van der Waals surface area contributed by atoms with E-state index in [4.69, 9.17) is 5.73 Å². The first kappa shape index (κ1) is 12.6. The van der Waals surface area contributed by atoms with Crippen LogP contribution in [0.4, 0.5) is 0 Å². The third-order valence-corrected chi connectivity index (χ3v) is 3.61. The van der Waals surface area contributed by atoms with E-state index < -0.39 is 5.60 Å². The molecule has 3 heteroatoms. The summed E-state index contributed by atoms with van der Waals surface area (Å²) in [5.74, 6) is 0. The Bertz CT molecular complexity index is 331. The predicted octanol–water partition coefficient (Wildman–Crippen LogP) is 1.01. The van der Waals surface area contributed by atoms with Crippen LogP contribution in [0, 0.1) is 0 Å². The Balaban J connectivity index is 1.89. The molecule has 1 aromatic rings. The zero-order valence-electron chi connectivity index (χ0n) is 10.3. The van der Waals surface area contributed by atoms with Gasteiger partial charge in [0.1, 0.15) is 0 Å². The van der Waals surface area contributed by atoms with Gasteiger partial charge in [0.05, 0.1) is 5.60 Å². The molecule has 1 aliphatic rings.